The van der Waals surface area contributed by atoms with E-state index in [-0.39, 0.29) is 12.0 Å². The molecule has 1 unspecified atom stereocenters. The quantitative estimate of drug-likeness (QED) is 0.848. The number of halogens is 1. The van der Waals surface area contributed by atoms with E-state index in [0.717, 1.165) is 11.3 Å². The van der Waals surface area contributed by atoms with Crippen molar-refractivity contribution in [2.45, 2.75) is 38.1 Å². The van der Waals surface area contributed by atoms with Crippen LogP contribution in [0.5, 0.6) is 5.75 Å². The minimum absolute atomic E-state index is 0.0391. The van der Waals surface area contributed by atoms with Crippen LogP contribution >= 0.6 is 15.9 Å². The van der Waals surface area contributed by atoms with Crippen LogP contribution < -0.4 is 10.1 Å². The Bertz CT molecular complexity index is 413. The lowest BCUT2D eigenvalue weighted by Crippen LogP contribution is -2.41. The van der Waals surface area contributed by atoms with Gasteiger partial charge in [-0.2, -0.15) is 0 Å². The topological polar surface area (TPSA) is 38.3 Å². The van der Waals surface area contributed by atoms with Gasteiger partial charge in [-0.05, 0) is 39.3 Å². The smallest absolute Gasteiger partial charge is 0.236 e. The first kappa shape index (κ1) is 15.0. The molecule has 0 aliphatic carbocycles. The van der Waals surface area contributed by atoms with Crippen LogP contribution in [0.4, 0.5) is 0 Å². The van der Waals surface area contributed by atoms with Gasteiger partial charge in [0.2, 0.25) is 5.91 Å². The number of carbonyl (C=O) groups excluding carboxylic acids is 1. The van der Waals surface area contributed by atoms with Crippen molar-refractivity contribution in [2.75, 3.05) is 6.54 Å². The first-order valence-electron chi connectivity index (χ1n) is 6.00. The standard InChI is InChI=1S/C14H20BrNO2/c1-10-7-5-6-8-12(10)18-11(2)9-16-13(17)14(3,4)15/h5-8,11H,9H2,1-4H3,(H,16,17). The first-order chi connectivity index (χ1) is 8.30. The van der Waals surface area contributed by atoms with Gasteiger partial charge in [0.25, 0.3) is 0 Å². The monoisotopic (exact) mass is 313 g/mol. The third-order valence-electron chi connectivity index (χ3n) is 2.51. The molecular formula is C14H20BrNO2. The van der Waals surface area contributed by atoms with Crippen molar-refractivity contribution in [3.8, 4) is 5.75 Å². The summed E-state index contributed by atoms with van der Waals surface area (Å²) in [5, 5.41) is 2.85. The van der Waals surface area contributed by atoms with E-state index in [0.29, 0.717) is 6.54 Å². The molecule has 1 N–H and O–H groups in total. The maximum Gasteiger partial charge on any atom is 0.236 e. The van der Waals surface area contributed by atoms with Crippen LogP contribution in [0.3, 0.4) is 0 Å². The van der Waals surface area contributed by atoms with Crippen LogP contribution in [-0.2, 0) is 4.79 Å². The highest BCUT2D eigenvalue weighted by Gasteiger charge is 2.23. The number of hydrogen-bond donors (Lipinski definition) is 1. The number of ether oxygens (including phenoxy) is 1. The summed E-state index contributed by atoms with van der Waals surface area (Å²) in [7, 11) is 0. The van der Waals surface area contributed by atoms with Crippen LogP contribution in [0.15, 0.2) is 24.3 Å². The summed E-state index contributed by atoms with van der Waals surface area (Å²) in [4.78, 5) is 11.7. The molecule has 1 aromatic rings. The molecule has 100 valence electrons. The fourth-order valence-electron chi connectivity index (χ4n) is 1.39. The molecule has 0 aromatic heterocycles. The van der Waals surface area contributed by atoms with Crippen molar-refractivity contribution in [3.05, 3.63) is 29.8 Å². The summed E-state index contributed by atoms with van der Waals surface area (Å²) in [6.07, 6.45) is -0.0649. The minimum Gasteiger partial charge on any atom is -0.489 e. The molecule has 0 aliphatic heterocycles. The number of hydrogen-bond acceptors (Lipinski definition) is 2. The van der Waals surface area contributed by atoms with E-state index in [1.54, 1.807) is 0 Å². The van der Waals surface area contributed by atoms with Crippen LogP contribution in [0.2, 0.25) is 0 Å². The summed E-state index contributed by atoms with van der Waals surface area (Å²) in [6, 6.07) is 7.85. The van der Waals surface area contributed by atoms with Gasteiger partial charge < -0.3 is 10.1 Å². The van der Waals surface area contributed by atoms with Crippen molar-refractivity contribution in [1.82, 2.24) is 5.32 Å². The molecule has 0 bridgehead atoms. The average molecular weight is 314 g/mol. The van der Waals surface area contributed by atoms with Gasteiger partial charge in [-0.1, -0.05) is 34.1 Å². The highest BCUT2D eigenvalue weighted by atomic mass is 79.9. The zero-order chi connectivity index (χ0) is 13.8. The molecule has 1 rings (SSSR count). The Morgan fingerprint density at radius 1 is 1.44 bits per heavy atom. The molecule has 1 atom stereocenters. The van der Waals surface area contributed by atoms with Crippen LogP contribution in [-0.4, -0.2) is 22.9 Å². The van der Waals surface area contributed by atoms with Crippen molar-refractivity contribution >= 4 is 21.8 Å². The number of benzene rings is 1. The number of para-hydroxylation sites is 1. The predicted molar refractivity (Wildman–Crippen MR) is 77.3 cm³/mol. The number of amides is 1. The Labute approximate surface area is 117 Å². The predicted octanol–water partition coefficient (Wildman–Crippen LogP) is 3.05. The second-order valence-electron chi connectivity index (χ2n) is 4.88. The number of rotatable bonds is 5. The third-order valence-corrected chi connectivity index (χ3v) is 2.87. The second-order valence-corrected chi connectivity index (χ2v) is 6.86. The van der Waals surface area contributed by atoms with Crippen molar-refractivity contribution in [3.63, 3.8) is 0 Å². The first-order valence-corrected chi connectivity index (χ1v) is 6.79. The second kappa shape index (κ2) is 6.23. The van der Waals surface area contributed by atoms with E-state index in [2.05, 4.69) is 21.2 Å². The van der Waals surface area contributed by atoms with Crippen molar-refractivity contribution in [2.24, 2.45) is 0 Å². The molecular weight excluding hydrogens is 294 g/mol. The lowest BCUT2D eigenvalue weighted by molar-refractivity contribution is -0.122. The van der Waals surface area contributed by atoms with E-state index in [4.69, 9.17) is 4.74 Å². The summed E-state index contributed by atoms with van der Waals surface area (Å²) >= 11 is 3.32. The molecule has 0 spiro atoms. The van der Waals surface area contributed by atoms with Gasteiger partial charge >= 0.3 is 0 Å². The fraction of sp³-hybridized carbons (Fsp3) is 0.500. The molecule has 0 heterocycles. The Morgan fingerprint density at radius 3 is 2.61 bits per heavy atom. The molecule has 3 nitrogen and oxygen atoms in total. The zero-order valence-corrected chi connectivity index (χ0v) is 12.9. The van der Waals surface area contributed by atoms with Gasteiger partial charge in [0.1, 0.15) is 11.9 Å². The Balaban J connectivity index is 2.46. The minimum atomic E-state index is -0.546. The average Bonchev–Trinajstić information content (AvgIpc) is 2.27. The molecule has 18 heavy (non-hydrogen) atoms. The summed E-state index contributed by atoms with van der Waals surface area (Å²) in [5.74, 6) is 0.820. The van der Waals surface area contributed by atoms with E-state index in [1.165, 1.54) is 0 Å². The lowest BCUT2D eigenvalue weighted by Gasteiger charge is -2.20. The molecule has 1 amide bonds. The molecule has 0 saturated carbocycles. The molecule has 0 radical (unpaired) electrons. The lowest BCUT2D eigenvalue weighted by atomic mass is 10.2. The van der Waals surface area contributed by atoms with Gasteiger partial charge in [-0.15, -0.1) is 0 Å². The summed E-state index contributed by atoms with van der Waals surface area (Å²) < 4.78 is 5.23. The summed E-state index contributed by atoms with van der Waals surface area (Å²) in [6.45, 7) is 8.06. The van der Waals surface area contributed by atoms with Crippen LogP contribution in [0, 0.1) is 6.92 Å². The van der Waals surface area contributed by atoms with Gasteiger partial charge in [-0.25, -0.2) is 0 Å². The maximum absolute atomic E-state index is 11.7. The van der Waals surface area contributed by atoms with Crippen molar-refractivity contribution in [1.29, 1.82) is 0 Å². The third kappa shape index (κ3) is 4.69. The fourth-order valence-corrected chi connectivity index (χ4v) is 1.53. The van der Waals surface area contributed by atoms with Gasteiger partial charge in [-0.3, -0.25) is 4.79 Å². The normalized spacial score (nSPS) is 12.9. The Hall–Kier alpha value is -1.03. The van der Waals surface area contributed by atoms with Crippen LogP contribution in [0.1, 0.15) is 26.3 Å². The molecule has 1 aromatic carbocycles. The zero-order valence-electron chi connectivity index (χ0n) is 11.3. The van der Waals surface area contributed by atoms with E-state index in [1.807, 2.05) is 52.0 Å². The van der Waals surface area contributed by atoms with E-state index < -0.39 is 4.32 Å². The Morgan fingerprint density at radius 2 is 2.06 bits per heavy atom. The highest BCUT2D eigenvalue weighted by Crippen LogP contribution is 2.18. The highest BCUT2D eigenvalue weighted by molar-refractivity contribution is 9.10. The van der Waals surface area contributed by atoms with Crippen molar-refractivity contribution < 1.29 is 9.53 Å². The van der Waals surface area contributed by atoms with E-state index >= 15 is 0 Å². The van der Waals surface area contributed by atoms with E-state index in [9.17, 15) is 4.79 Å². The van der Waals surface area contributed by atoms with Gasteiger partial charge in [0.15, 0.2) is 0 Å². The number of aryl methyl sites for hydroxylation is 1. The SMILES string of the molecule is Cc1ccccc1OC(C)CNC(=O)C(C)(C)Br. The maximum atomic E-state index is 11.7. The molecule has 0 saturated heterocycles. The largest absolute Gasteiger partial charge is 0.489 e. The number of carbonyl (C=O) groups is 1. The molecule has 0 fully saturated rings. The molecule has 4 heteroatoms. The van der Waals surface area contributed by atoms with Gasteiger partial charge in [0.05, 0.1) is 10.9 Å². The number of alkyl halides is 1. The number of nitrogens with one attached hydrogen (secondary N) is 1. The Kier molecular flexibility index (Phi) is 5.20. The summed E-state index contributed by atoms with van der Waals surface area (Å²) in [5.41, 5.74) is 1.09. The molecule has 0 aliphatic rings. The van der Waals surface area contributed by atoms with Gasteiger partial charge in [0, 0.05) is 0 Å². The van der Waals surface area contributed by atoms with Crippen LogP contribution in [0.25, 0.3) is 0 Å².